The molecule has 3 rings (SSSR count). The maximum atomic E-state index is 13.1. The Bertz CT molecular complexity index is 907. The van der Waals surface area contributed by atoms with E-state index in [0.717, 1.165) is 11.1 Å². The number of nitrogens with one attached hydrogen (secondary N) is 2. The van der Waals surface area contributed by atoms with Gasteiger partial charge in [-0.1, -0.05) is 60.7 Å². The third-order valence-electron chi connectivity index (χ3n) is 5.38. The largest absolute Gasteiger partial charge is 0.370 e. The van der Waals surface area contributed by atoms with Crippen LogP contribution in [0.3, 0.4) is 0 Å². The van der Waals surface area contributed by atoms with Crippen LogP contribution in [-0.2, 0) is 32.3 Å². The molecule has 8 heteroatoms. The number of piperazine rings is 1. The highest BCUT2D eigenvalue weighted by atomic mass is 16.2. The fourth-order valence-corrected chi connectivity index (χ4v) is 3.63. The summed E-state index contributed by atoms with van der Waals surface area (Å²) >= 11 is 0. The molecule has 168 valence electrons. The maximum Gasteiger partial charge on any atom is 0.243 e. The van der Waals surface area contributed by atoms with Crippen LogP contribution < -0.4 is 16.4 Å². The molecule has 1 aliphatic rings. The van der Waals surface area contributed by atoms with Gasteiger partial charge in [0.1, 0.15) is 12.1 Å². The molecule has 0 bridgehead atoms. The number of hydrogen-bond acceptors (Lipinski definition) is 4. The van der Waals surface area contributed by atoms with Crippen molar-refractivity contribution in [3.8, 4) is 0 Å². The number of carbonyl (C=O) groups is 4. The second kappa shape index (κ2) is 11.1. The van der Waals surface area contributed by atoms with Crippen LogP contribution in [0, 0.1) is 0 Å². The van der Waals surface area contributed by atoms with Crippen molar-refractivity contribution in [2.75, 3.05) is 0 Å². The second-order valence-corrected chi connectivity index (χ2v) is 7.89. The van der Waals surface area contributed by atoms with E-state index in [9.17, 15) is 19.2 Å². The van der Waals surface area contributed by atoms with Crippen LogP contribution in [0.2, 0.25) is 0 Å². The Labute approximate surface area is 187 Å². The molecule has 4 N–H and O–H groups in total. The van der Waals surface area contributed by atoms with E-state index in [4.69, 9.17) is 5.73 Å². The van der Waals surface area contributed by atoms with Gasteiger partial charge in [-0.3, -0.25) is 19.2 Å². The van der Waals surface area contributed by atoms with Crippen LogP contribution in [0.1, 0.15) is 36.8 Å². The predicted molar refractivity (Wildman–Crippen MR) is 119 cm³/mol. The number of carbonyl (C=O) groups excluding carboxylic acids is 4. The topological polar surface area (TPSA) is 122 Å². The number of nitrogens with two attached hydrogens (primary N) is 1. The van der Waals surface area contributed by atoms with Crippen molar-refractivity contribution in [1.29, 1.82) is 0 Å². The van der Waals surface area contributed by atoms with Crippen molar-refractivity contribution in [3.63, 3.8) is 0 Å². The van der Waals surface area contributed by atoms with Gasteiger partial charge < -0.3 is 21.3 Å². The number of rotatable bonds is 10. The molecule has 0 aliphatic carbocycles. The lowest BCUT2D eigenvalue weighted by molar-refractivity contribution is -0.138. The molecule has 4 amide bonds. The van der Waals surface area contributed by atoms with Crippen molar-refractivity contribution in [2.45, 2.75) is 50.9 Å². The molecular weight excluding hydrogens is 408 g/mol. The predicted octanol–water partition coefficient (Wildman–Crippen LogP) is 1.24. The molecule has 0 spiro atoms. The first-order chi connectivity index (χ1) is 15.4. The zero-order chi connectivity index (χ0) is 22.9. The Balaban J connectivity index is 1.60. The van der Waals surface area contributed by atoms with Gasteiger partial charge in [-0.2, -0.15) is 0 Å². The normalized spacial score (nSPS) is 17.9. The summed E-state index contributed by atoms with van der Waals surface area (Å²) in [7, 11) is 0. The van der Waals surface area contributed by atoms with Gasteiger partial charge in [0.25, 0.3) is 0 Å². The Morgan fingerprint density at radius 1 is 0.750 bits per heavy atom. The van der Waals surface area contributed by atoms with E-state index in [-0.39, 0.29) is 43.4 Å². The van der Waals surface area contributed by atoms with E-state index in [1.807, 2.05) is 60.7 Å². The van der Waals surface area contributed by atoms with Crippen LogP contribution in [0.15, 0.2) is 60.7 Å². The summed E-state index contributed by atoms with van der Waals surface area (Å²) in [6, 6.07) is 17.8. The summed E-state index contributed by atoms with van der Waals surface area (Å²) in [4.78, 5) is 50.4. The molecule has 8 nitrogen and oxygen atoms in total. The van der Waals surface area contributed by atoms with E-state index >= 15 is 0 Å². The van der Waals surface area contributed by atoms with Crippen molar-refractivity contribution in [3.05, 3.63) is 71.8 Å². The summed E-state index contributed by atoms with van der Waals surface area (Å²) in [5, 5.41) is 5.28. The quantitative estimate of drug-likeness (QED) is 0.519. The van der Waals surface area contributed by atoms with Gasteiger partial charge in [-0.05, 0) is 24.0 Å². The molecule has 1 saturated heterocycles. The fourth-order valence-electron chi connectivity index (χ4n) is 3.63. The van der Waals surface area contributed by atoms with Crippen LogP contribution >= 0.6 is 0 Å². The van der Waals surface area contributed by atoms with Gasteiger partial charge in [-0.25, -0.2) is 0 Å². The molecule has 1 aliphatic heterocycles. The average Bonchev–Trinajstić information content (AvgIpc) is 2.79. The Morgan fingerprint density at radius 3 is 1.62 bits per heavy atom. The molecule has 0 radical (unpaired) electrons. The van der Waals surface area contributed by atoms with Crippen LogP contribution in [0.4, 0.5) is 0 Å². The minimum atomic E-state index is -0.786. The molecule has 2 atom stereocenters. The molecule has 2 aromatic rings. The van der Waals surface area contributed by atoms with Gasteiger partial charge in [0.2, 0.25) is 23.6 Å². The third kappa shape index (κ3) is 6.66. The first kappa shape index (κ1) is 23.0. The molecule has 0 saturated carbocycles. The lowest BCUT2D eigenvalue weighted by Gasteiger charge is -2.30. The lowest BCUT2D eigenvalue weighted by atomic mass is 10.0. The number of amides is 4. The molecule has 1 heterocycles. The van der Waals surface area contributed by atoms with Crippen LogP contribution in [-0.4, -0.2) is 40.6 Å². The number of nitrogens with zero attached hydrogens (tertiary/aromatic N) is 1. The minimum absolute atomic E-state index is 0.00938. The molecule has 2 aromatic carbocycles. The van der Waals surface area contributed by atoms with E-state index in [2.05, 4.69) is 10.6 Å². The maximum absolute atomic E-state index is 13.1. The van der Waals surface area contributed by atoms with Crippen molar-refractivity contribution in [1.82, 2.24) is 15.5 Å². The van der Waals surface area contributed by atoms with Gasteiger partial charge in [0, 0.05) is 25.9 Å². The van der Waals surface area contributed by atoms with Crippen molar-refractivity contribution in [2.24, 2.45) is 5.73 Å². The highest BCUT2D eigenvalue weighted by molar-refractivity contribution is 5.97. The minimum Gasteiger partial charge on any atom is -0.370 e. The SMILES string of the molecule is NC(=O)CCC1NC(=O)C(CCC(=O)N(Cc2ccccc2)Cc2ccccc2)NC1=O. The monoisotopic (exact) mass is 436 g/mol. The fraction of sp³-hybridized carbons (Fsp3) is 0.333. The van der Waals surface area contributed by atoms with E-state index in [1.165, 1.54) is 0 Å². The van der Waals surface area contributed by atoms with Gasteiger partial charge >= 0.3 is 0 Å². The Kier molecular flexibility index (Phi) is 7.96. The number of benzene rings is 2. The summed E-state index contributed by atoms with van der Waals surface area (Å²) in [6.07, 6.45) is 0.471. The zero-order valence-corrected chi connectivity index (χ0v) is 17.8. The Hall–Kier alpha value is -3.68. The third-order valence-corrected chi connectivity index (χ3v) is 5.38. The molecule has 32 heavy (non-hydrogen) atoms. The van der Waals surface area contributed by atoms with E-state index in [1.54, 1.807) is 4.90 Å². The van der Waals surface area contributed by atoms with E-state index < -0.39 is 18.0 Å². The van der Waals surface area contributed by atoms with Crippen molar-refractivity contribution < 1.29 is 19.2 Å². The van der Waals surface area contributed by atoms with Gasteiger partial charge in [0.05, 0.1) is 0 Å². The summed E-state index contributed by atoms with van der Waals surface area (Å²) < 4.78 is 0. The number of hydrogen-bond donors (Lipinski definition) is 3. The number of primary amides is 1. The van der Waals surface area contributed by atoms with E-state index in [0.29, 0.717) is 13.1 Å². The smallest absolute Gasteiger partial charge is 0.243 e. The second-order valence-electron chi connectivity index (χ2n) is 7.89. The van der Waals surface area contributed by atoms with Crippen molar-refractivity contribution >= 4 is 23.6 Å². The zero-order valence-electron chi connectivity index (χ0n) is 17.8. The molecule has 0 aromatic heterocycles. The first-order valence-electron chi connectivity index (χ1n) is 10.7. The van der Waals surface area contributed by atoms with Gasteiger partial charge in [-0.15, -0.1) is 0 Å². The van der Waals surface area contributed by atoms with Crippen LogP contribution in [0.5, 0.6) is 0 Å². The van der Waals surface area contributed by atoms with Gasteiger partial charge in [0.15, 0.2) is 0 Å². The highest BCUT2D eigenvalue weighted by Gasteiger charge is 2.33. The average molecular weight is 437 g/mol. The molecular formula is C24H28N4O4. The summed E-state index contributed by atoms with van der Waals surface area (Å²) in [5.41, 5.74) is 7.13. The first-order valence-corrected chi connectivity index (χ1v) is 10.7. The Morgan fingerprint density at radius 2 is 1.19 bits per heavy atom. The van der Waals surface area contributed by atoms with Crippen LogP contribution in [0.25, 0.3) is 0 Å². The lowest BCUT2D eigenvalue weighted by Crippen LogP contribution is -2.61. The molecule has 1 fully saturated rings. The standard InChI is InChI=1S/C24H28N4O4/c25-21(29)13-11-19-23(31)27-20(24(32)26-19)12-14-22(30)28(15-17-7-3-1-4-8-17)16-18-9-5-2-6-10-18/h1-10,19-20H,11-16H2,(H2,25,29)(H,26,32)(H,27,31). The molecule has 2 unspecified atom stereocenters. The highest BCUT2D eigenvalue weighted by Crippen LogP contribution is 2.14. The summed E-state index contributed by atoms with van der Waals surface area (Å²) in [6.45, 7) is 0.903. The summed E-state index contributed by atoms with van der Waals surface area (Å²) in [5.74, 6) is -1.36.